The van der Waals surface area contributed by atoms with Gasteiger partial charge in [-0.25, -0.2) is 9.59 Å². The van der Waals surface area contributed by atoms with Crippen LogP contribution in [0, 0.1) is 0 Å². The van der Waals surface area contributed by atoms with Crippen LogP contribution in [0.4, 0.5) is 4.79 Å². The first-order valence-corrected chi connectivity index (χ1v) is 9.72. The molecule has 0 bridgehead atoms. The molecule has 2 rings (SSSR count). The zero-order valence-corrected chi connectivity index (χ0v) is 17.8. The summed E-state index contributed by atoms with van der Waals surface area (Å²) in [5.74, 6) is -1.24. The van der Waals surface area contributed by atoms with Crippen LogP contribution in [0.15, 0.2) is 42.5 Å². The Kier molecular flexibility index (Phi) is 7.38. The Labute approximate surface area is 179 Å². The van der Waals surface area contributed by atoms with Crippen LogP contribution in [-0.2, 0) is 16.0 Å². The molecule has 2 unspecified atom stereocenters. The molecule has 0 heterocycles. The van der Waals surface area contributed by atoms with E-state index in [1.165, 1.54) is 12.1 Å². The van der Waals surface area contributed by atoms with Crippen molar-refractivity contribution in [3.8, 4) is 5.75 Å². The standard InChI is InChI=1S/C21H23Cl2NO5/c1-21(2,3)29-20(28)24-17(19(26)27)10-12-8-9-13(25)11-15(12)18(23)14-6-4-5-7-16(14)22/h4-9,11,17-18,25H,10H2,1-3H3,(H,24,28)(H,26,27). The zero-order chi connectivity index (χ0) is 21.8. The second-order valence-corrected chi connectivity index (χ2v) is 8.35. The number of rotatable bonds is 6. The van der Waals surface area contributed by atoms with Gasteiger partial charge in [-0.1, -0.05) is 35.9 Å². The summed E-state index contributed by atoms with van der Waals surface area (Å²) in [5, 5.41) is 21.6. The van der Waals surface area contributed by atoms with Gasteiger partial charge in [0.05, 0.1) is 5.38 Å². The maximum absolute atomic E-state index is 12.0. The molecule has 6 nitrogen and oxygen atoms in total. The fourth-order valence-corrected chi connectivity index (χ4v) is 3.42. The Morgan fingerprint density at radius 1 is 1.14 bits per heavy atom. The van der Waals surface area contributed by atoms with Crippen molar-refractivity contribution in [1.82, 2.24) is 5.32 Å². The third-order valence-electron chi connectivity index (χ3n) is 3.99. The van der Waals surface area contributed by atoms with Gasteiger partial charge < -0.3 is 20.3 Å². The lowest BCUT2D eigenvalue weighted by atomic mass is 9.94. The Morgan fingerprint density at radius 2 is 1.79 bits per heavy atom. The smallest absolute Gasteiger partial charge is 0.408 e. The van der Waals surface area contributed by atoms with Crippen LogP contribution >= 0.6 is 23.2 Å². The summed E-state index contributed by atoms with van der Waals surface area (Å²) in [4.78, 5) is 23.7. The minimum Gasteiger partial charge on any atom is -0.508 e. The first-order valence-electron chi connectivity index (χ1n) is 8.90. The van der Waals surface area contributed by atoms with Crippen LogP contribution in [0.1, 0.15) is 42.8 Å². The van der Waals surface area contributed by atoms with E-state index in [-0.39, 0.29) is 12.2 Å². The van der Waals surface area contributed by atoms with Gasteiger partial charge in [0.1, 0.15) is 17.4 Å². The van der Waals surface area contributed by atoms with E-state index in [9.17, 15) is 19.8 Å². The SMILES string of the molecule is CC(C)(C)OC(=O)NC(Cc1ccc(O)cc1C(Cl)c1ccccc1Cl)C(=O)O. The first kappa shape index (κ1) is 22.8. The average Bonchev–Trinajstić information content (AvgIpc) is 2.60. The number of halogens is 2. The van der Waals surface area contributed by atoms with Crippen molar-refractivity contribution in [2.24, 2.45) is 0 Å². The minimum absolute atomic E-state index is 0.0200. The third kappa shape index (κ3) is 6.54. The molecule has 0 aliphatic rings. The van der Waals surface area contributed by atoms with Gasteiger partial charge in [0.2, 0.25) is 0 Å². The molecule has 2 atom stereocenters. The average molecular weight is 440 g/mol. The number of amides is 1. The predicted octanol–water partition coefficient (Wildman–Crippen LogP) is 4.89. The largest absolute Gasteiger partial charge is 0.508 e. The Morgan fingerprint density at radius 3 is 2.38 bits per heavy atom. The molecular weight excluding hydrogens is 417 g/mol. The maximum Gasteiger partial charge on any atom is 0.408 e. The highest BCUT2D eigenvalue weighted by atomic mass is 35.5. The van der Waals surface area contributed by atoms with E-state index in [0.717, 1.165) is 0 Å². The molecule has 1 amide bonds. The molecule has 0 aliphatic heterocycles. The minimum atomic E-state index is -1.25. The highest BCUT2D eigenvalue weighted by molar-refractivity contribution is 6.33. The van der Waals surface area contributed by atoms with E-state index < -0.39 is 29.1 Å². The van der Waals surface area contributed by atoms with E-state index in [1.807, 2.05) is 0 Å². The summed E-state index contributed by atoms with van der Waals surface area (Å²) in [7, 11) is 0. The molecule has 0 fully saturated rings. The molecular formula is C21H23Cl2NO5. The highest BCUT2D eigenvalue weighted by Crippen LogP contribution is 2.37. The number of phenols is 1. The van der Waals surface area contributed by atoms with Gasteiger partial charge in [-0.3, -0.25) is 0 Å². The number of alkyl carbamates (subject to hydrolysis) is 1. The maximum atomic E-state index is 12.0. The summed E-state index contributed by atoms with van der Waals surface area (Å²) in [6.07, 6.45) is -0.892. The van der Waals surface area contributed by atoms with Crippen molar-refractivity contribution in [1.29, 1.82) is 0 Å². The number of benzene rings is 2. The summed E-state index contributed by atoms with van der Waals surface area (Å²) in [5.41, 5.74) is 0.903. The molecule has 3 N–H and O–H groups in total. The van der Waals surface area contributed by atoms with Crippen molar-refractivity contribution in [3.05, 3.63) is 64.2 Å². The molecule has 2 aromatic rings. The number of hydrogen-bond acceptors (Lipinski definition) is 4. The van der Waals surface area contributed by atoms with Crippen LogP contribution in [0.5, 0.6) is 5.75 Å². The van der Waals surface area contributed by atoms with Crippen LogP contribution in [0.3, 0.4) is 0 Å². The highest BCUT2D eigenvalue weighted by Gasteiger charge is 2.27. The molecule has 0 spiro atoms. The Hall–Kier alpha value is -2.44. The lowest BCUT2D eigenvalue weighted by Crippen LogP contribution is -2.44. The van der Waals surface area contributed by atoms with E-state index in [1.54, 1.807) is 51.1 Å². The quantitative estimate of drug-likeness (QED) is 0.556. The number of aliphatic carboxylic acids is 1. The Balaban J connectivity index is 2.32. The monoisotopic (exact) mass is 439 g/mol. The molecule has 29 heavy (non-hydrogen) atoms. The van der Waals surface area contributed by atoms with Gasteiger partial charge in [0, 0.05) is 11.4 Å². The second-order valence-electron chi connectivity index (χ2n) is 7.51. The number of carbonyl (C=O) groups excluding carboxylic acids is 1. The van der Waals surface area contributed by atoms with Crippen molar-refractivity contribution >= 4 is 35.3 Å². The number of alkyl halides is 1. The molecule has 8 heteroatoms. The number of ether oxygens (including phenoxy) is 1. The number of hydrogen-bond donors (Lipinski definition) is 3. The molecule has 2 aromatic carbocycles. The first-order chi connectivity index (χ1) is 13.5. The van der Waals surface area contributed by atoms with Crippen molar-refractivity contribution < 1.29 is 24.5 Å². The molecule has 0 saturated heterocycles. The fourth-order valence-electron chi connectivity index (χ4n) is 2.72. The van der Waals surface area contributed by atoms with Gasteiger partial charge in [-0.15, -0.1) is 11.6 Å². The molecule has 0 aromatic heterocycles. The zero-order valence-electron chi connectivity index (χ0n) is 16.3. The number of nitrogens with one attached hydrogen (secondary N) is 1. The Bertz CT molecular complexity index is 895. The number of phenolic OH excluding ortho intramolecular Hbond substituents is 1. The summed E-state index contributed by atoms with van der Waals surface area (Å²) < 4.78 is 5.14. The van der Waals surface area contributed by atoms with Crippen LogP contribution in [0.2, 0.25) is 5.02 Å². The van der Waals surface area contributed by atoms with Crippen molar-refractivity contribution in [2.75, 3.05) is 0 Å². The number of carbonyl (C=O) groups is 2. The molecule has 156 valence electrons. The molecule has 0 aliphatic carbocycles. The van der Waals surface area contributed by atoms with E-state index >= 15 is 0 Å². The van der Waals surface area contributed by atoms with Crippen molar-refractivity contribution in [2.45, 2.75) is 44.2 Å². The van der Waals surface area contributed by atoms with Gasteiger partial charge >= 0.3 is 12.1 Å². The van der Waals surface area contributed by atoms with Crippen LogP contribution in [-0.4, -0.2) is 33.9 Å². The third-order valence-corrected chi connectivity index (χ3v) is 4.81. The lowest BCUT2D eigenvalue weighted by molar-refractivity contribution is -0.139. The number of aromatic hydroxyl groups is 1. The molecule has 0 radical (unpaired) electrons. The topological polar surface area (TPSA) is 95.9 Å². The van der Waals surface area contributed by atoms with Gasteiger partial charge in [0.25, 0.3) is 0 Å². The van der Waals surface area contributed by atoms with Crippen molar-refractivity contribution in [3.63, 3.8) is 0 Å². The number of carboxylic acid groups (broad SMARTS) is 1. The van der Waals surface area contributed by atoms with Gasteiger partial charge in [-0.2, -0.15) is 0 Å². The van der Waals surface area contributed by atoms with Crippen LogP contribution in [0.25, 0.3) is 0 Å². The van der Waals surface area contributed by atoms with E-state index in [0.29, 0.717) is 21.7 Å². The predicted molar refractivity (Wildman–Crippen MR) is 112 cm³/mol. The number of carboxylic acids is 1. The van der Waals surface area contributed by atoms with Gasteiger partial charge in [-0.05, 0) is 55.7 Å². The summed E-state index contributed by atoms with van der Waals surface area (Å²) in [6.45, 7) is 5.05. The normalized spacial score (nSPS) is 13.4. The molecule has 0 saturated carbocycles. The van der Waals surface area contributed by atoms with E-state index in [2.05, 4.69) is 5.32 Å². The summed E-state index contributed by atoms with van der Waals surface area (Å²) in [6, 6.07) is 10.2. The fraction of sp³-hybridized carbons (Fsp3) is 0.333. The lowest BCUT2D eigenvalue weighted by Gasteiger charge is -2.23. The second kappa shape index (κ2) is 9.37. The van der Waals surface area contributed by atoms with E-state index in [4.69, 9.17) is 27.9 Å². The van der Waals surface area contributed by atoms with Gasteiger partial charge in [0.15, 0.2) is 0 Å². The van der Waals surface area contributed by atoms with Crippen LogP contribution < -0.4 is 5.32 Å². The summed E-state index contributed by atoms with van der Waals surface area (Å²) >= 11 is 12.8.